The maximum atomic E-state index is 11.7. The van der Waals surface area contributed by atoms with Crippen LogP contribution in [0.3, 0.4) is 0 Å². The van der Waals surface area contributed by atoms with Crippen molar-refractivity contribution in [2.24, 2.45) is 0 Å². The molecule has 0 radical (unpaired) electrons. The number of rotatable bonds is 24. The zero-order chi connectivity index (χ0) is 26.9. The summed E-state index contributed by atoms with van der Waals surface area (Å²) in [5.41, 5.74) is 0. The molecule has 0 aromatic heterocycles. The van der Waals surface area contributed by atoms with Crippen LogP contribution in [0, 0.1) is 0 Å². The van der Waals surface area contributed by atoms with Gasteiger partial charge < -0.3 is 18.9 Å². The summed E-state index contributed by atoms with van der Waals surface area (Å²) in [6.07, 6.45) is 23.6. The molecule has 10 nitrogen and oxygen atoms in total. The molecule has 0 saturated carbocycles. The molecule has 1 aliphatic heterocycles. The first-order valence-electron chi connectivity index (χ1n) is 14.6. The fourth-order valence-electron chi connectivity index (χ4n) is 4.14. The van der Waals surface area contributed by atoms with Gasteiger partial charge in [-0.2, -0.15) is 0 Å². The van der Waals surface area contributed by atoms with Gasteiger partial charge in [0.15, 0.2) is 0 Å². The second-order valence-corrected chi connectivity index (χ2v) is 11.1. The first-order chi connectivity index (χ1) is 18.0. The Kier molecular flexibility index (Phi) is 27.4. The Morgan fingerprint density at radius 3 is 1.45 bits per heavy atom. The zero-order valence-electron chi connectivity index (χ0n) is 24.3. The van der Waals surface area contributed by atoms with Crippen LogP contribution in [0.1, 0.15) is 142 Å². The summed E-state index contributed by atoms with van der Waals surface area (Å²) >= 11 is 0. The molecular formula is C26H52NaO10P. The first kappa shape index (κ1) is 38.9. The molecule has 38 heavy (non-hydrogen) atoms. The van der Waals surface area contributed by atoms with E-state index >= 15 is 0 Å². The van der Waals surface area contributed by atoms with Crippen LogP contribution in [-0.2, 0) is 43.2 Å². The summed E-state index contributed by atoms with van der Waals surface area (Å²) in [6, 6.07) is 0. The molecular weight excluding hydrogens is 526 g/mol. The Morgan fingerprint density at radius 1 is 0.632 bits per heavy atom. The van der Waals surface area contributed by atoms with Crippen molar-refractivity contribution in [3.63, 3.8) is 0 Å². The van der Waals surface area contributed by atoms with Gasteiger partial charge in [0.25, 0.3) is 0 Å². The van der Waals surface area contributed by atoms with Crippen molar-refractivity contribution in [2.75, 3.05) is 19.8 Å². The van der Waals surface area contributed by atoms with Crippen LogP contribution in [0.25, 0.3) is 0 Å². The number of phosphoric ester groups is 1. The van der Waals surface area contributed by atoms with Crippen molar-refractivity contribution >= 4 is 7.82 Å². The van der Waals surface area contributed by atoms with Gasteiger partial charge in [-0.15, -0.1) is 9.56 Å². The molecule has 1 heterocycles. The Labute approximate surface area is 252 Å². The minimum Gasteiger partial charge on any atom is -0.754 e. The van der Waals surface area contributed by atoms with Crippen molar-refractivity contribution in [2.45, 2.75) is 148 Å². The number of unbranched alkanes of at least 4 members (excludes halogenated alkanes) is 18. The third-order valence-corrected chi connectivity index (χ3v) is 7.07. The topological polar surface area (TPSA) is 114 Å². The molecule has 0 bridgehead atoms. The predicted octanol–water partition coefficient (Wildman–Crippen LogP) is 4.76. The predicted molar refractivity (Wildman–Crippen MR) is 137 cm³/mol. The van der Waals surface area contributed by atoms with E-state index < -0.39 is 20.4 Å². The summed E-state index contributed by atoms with van der Waals surface area (Å²) in [4.78, 5) is 16.8. The van der Waals surface area contributed by atoms with Gasteiger partial charge in [0.2, 0.25) is 0 Å². The van der Waals surface area contributed by atoms with E-state index in [0.717, 1.165) is 38.5 Å². The van der Waals surface area contributed by atoms with E-state index in [1.807, 2.05) is 0 Å². The van der Waals surface area contributed by atoms with Crippen molar-refractivity contribution in [3.8, 4) is 0 Å². The summed E-state index contributed by atoms with van der Waals surface area (Å²) < 4.78 is 32.1. The van der Waals surface area contributed by atoms with Gasteiger partial charge in [-0.25, -0.2) is 0 Å². The molecule has 0 N–H and O–H groups in total. The smallest absolute Gasteiger partial charge is 0.754 e. The van der Waals surface area contributed by atoms with Gasteiger partial charge in [0.05, 0.1) is 13.2 Å². The zero-order valence-corrected chi connectivity index (χ0v) is 27.2. The van der Waals surface area contributed by atoms with Gasteiger partial charge in [0, 0.05) is 0 Å². The van der Waals surface area contributed by atoms with Crippen LogP contribution in [0.15, 0.2) is 0 Å². The van der Waals surface area contributed by atoms with E-state index in [2.05, 4.69) is 33.6 Å². The third kappa shape index (κ3) is 22.5. The fourth-order valence-corrected chi connectivity index (χ4v) is 4.60. The Bertz CT molecular complexity index is 532. The molecule has 1 saturated heterocycles. The minimum atomic E-state index is -4.82. The summed E-state index contributed by atoms with van der Waals surface area (Å²) in [7, 11) is -4.82. The van der Waals surface area contributed by atoms with Crippen molar-refractivity contribution in [1.29, 1.82) is 0 Å². The molecule has 1 aliphatic rings. The second kappa shape index (κ2) is 26.7. The van der Waals surface area contributed by atoms with Crippen molar-refractivity contribution < 1.29 is 77.7 Å². The number of hydrogen-bond donors (Lipinski definition) is 0. The van der Waals surface area contributed by atoms with E-state index in [4.69, 9.17) is 18.9 Å². The summed E-state index contributed by atoms with van der Waals surface area (Å²) in [5, 5.41) is 12.5. The number of phosphoric acid groups is 1. The van der Waals surface area contributed by atoms with E-state index in [1.54, 1.807) is 0 Å². The molecule has 1 atom stereocenters. The minimum absolute atomic E-state index is 0. The average Bonchev–Trinajstić information content (AvgIpc) is 2.95. The second-order valence-electron chi connectivity index (χ2n) is 9.83. The quantitative estimate of drug-likeness (QED) is 0.0522. The fraction of sp³-hybridized carbons (Fsp3) is 1.00. The van der Waals surface area contributed by atoms with Crippen molar-refractivity contribution in [1.82, 2.24) is 0 Å². The molecule has 0 aromatic carbocycles. The van der Waals surface area contributed by atoms with Crippen LogP contribution in [0.4, 0.5) is 0 Å². The average molecular weight is 579 g/mol. The molecule has 12 heteroatoms. The van der Waals surface area contributed by atoms with Crippen LogP contribution >= 0.6 is 7.82 Å². The van der Waals surface area contributed by atoms with Crippen LogP contribution in [-0.4, -0.2) is 25.8 Å². The molecule has 0 aromatic rings. The Morgan fingerprint density at radius 2 is 1.03 bits per heavy atom. The van der Waals surface area contributed by atoms with Gasteiger partial charge in [-0.3, -0.25) is 4.57 Å². The van der Waals surface area contributed by atoms with Crippen LogP contribution < -0.4 is 34.5 Å². The monoisotopic (exact) mass is 578 g/mol. The van der Waals surface area contributed by atoms with Gasteiger partial charge in [-0.05, 0) is 28.0 Å². The van der Waals surface area contributed by atoms with Gasteiger partial charge in [-0.1, -0.05) is 129 Å². The number of ether oxygens (including phenoxy) is 2. The van der Waals surface area contributed by atoms with E-state index in [1.165, 1.54) is 89.9 Å². The molecule has 0 aliphatic carbocycles. The Balaban J connectivity index is 0.0000137. The first-order valence-corrected chi connectivity index (χ1v) is 16.1. The molecule has 1 fully saturated rings. The molecule has 1 rings (SSSR count). The van der Waals surface area contributed by atoms with Crippen LogP contribution in [0.5, 0.6) is 0 Å². The van der Waals surface area contributed by atoms with Gasteiger partial charge >= 0.3 is 43.4 Å². The van der Waals surface area contributed by atoms with Gasteiger partial charge in [0.1, 0.15) is 6.61 Å². The maximum Gasteiger partial charge on any atom is 1.00 e. The third-order valence-electron chi connectivity index (χ3n) is 6.38. The largest absolute Gasteiger partial charge is 1.00 e. The molecule has 222 valence electrons. The molecule has 0 spiro atoms. The normalized spacial score (nSPS) is 19.9. The summed E-state index contributed by atoms with van der Waals surface area (Å²) in [6.45, 7) is 4.36. The maximum absolute atomic E-state index is 11.7. The SMILES string of the molecule is CCCCCCCCCCCCOC1(OCCCCCCCCCCCC)COP(=O)([O-])OOOOO1.[Na+]. The van der Waals surface area contributed by atoms with Crippen molar-refractivity contribution in [3.05, 3.63) is 0 Å². The summed E-state index contributed by atoms with van der Waals surface area (Å²) in [5.74, 6) is -1.92. The van der Waals surface area contributed by atoms with E-state index in [0.29, 0.717) is 0 Å². The Hall–Kier alpha value is 0.870. The van der Waals surface area contributed by atoms with E-state index in [-0.39, 0.29) is 42.8 Å². The standard InChI is InChI=1S/C26H53O10P.Na/c1-3-5-7-9-11-13-15-17-19-21-23-29-26(25-31-37(27,28)36-35-34-33-32-26)30-24-22-20-18-16-14-12-10-8-6-4-2;/h3-25H2,1-2H3,(H,27,28);/q;+1/p-1. The number of hydrogen-bond acceptors (Lipinski definition) is 10. The molecule has 0 amide bonds. The van der Waals surface area contributed by atoms with E-state index in [9.17, 15) is 9.46 Å². The van der Waals surface area contributed by atoms with Crippen LogP contribution in [0.2, 0.25) is 0 Å². The molecule has 1 unspecified atom stereocenters.